The number of rotatable bonds is 4. The van der Waals surface area contributed by atoms with E-state index in [0.29, 0.717) is 29.0 Å². The quantitative estimate of drug-likeness (QED) is 0.665. The molecule has 4 atom stereocenters. The number of halogens is 1. The van der Waals surface area contributed by atoms with E-state index in [-0.39, 0.29) is 11.6 Å². The van der Waals surface area contributed by atoms with E-state index in [9.17, 15) is 19.8 Å². The van der Waals surface area contributed by atoms with Crippen LogP contribution in [0.2, 0.25) is 5.02 Å². The average Bonchev–Trinajstić information content (AvgIpc) is 2.55. The Kier molecular flexibility index (Phi) is 4.96. The molecule has 2 fully saturated rings. The third-order valence-electron chi connectivity index (χ3n) is 5.17. The lowest BCUT2D eigenvalue weighted by molar-refractivity contribution is -0.141. The highest BCUT2D eigenvalue weighted by Crippen LogP contribution is 2.37. The predicted octanol–water partition coefficient (Wildman–Crippen LogP) is 2.68. The van der Waals surface area contributed by atoms with Crippen LogP contribution in [0.4, 0.5) is 5.69 Å². The Morgan fingerprint density at radius 3 is 2.67 bits per heavy atom. The van der Waals surface area contributed by atoms with Gasteiger partial charge in [0.05, 0.1) is 5.56 Å². The molecule has 1 saturated carbocycles. The first-order valence-corrected chi connectivity index (χ1v) is 8.57. The van der Waals surface area contributed by atoms with Crippen LogP contribution in [0.5, 0.6) is 0 Å². The van der Waals surface area contributed by atoms with E-state index in [4.69, 9.17) is 11.6 Å². The second kappa shape index (κ2) is 6.99. The molecule has 130 valence electrons. The highest BCUT2D eigenvalue weighted by atomic mass is 35.5. The molecule has 0 bridgehead atoms. The number of benzene rings is 1. The Hall–Kier alpha value is -1.79. The fraction of sp³-hybridized carbons (Fsp3) is 0.529. The molecule has 0 radical (unpaired) electrons. The zero-order valence-electron chi connectivity index (χ0n) is 13.2. The molecule has 1 saturated heterocycles. The van der Waals surface area contributed by atoms with E-state index in [2.05, 4.69) is 10.6 Å². The van der Waals surface area contributed by atoms with Gasteiger partial charge in [-0.2, -0.15) is 0 Å². The Morgan fingerprint density at radius 1 is 1.17 bits per heavy atom. The maximum atomic E-state index is 11.4. The Balaban J connectivity index is 1.69. The molecular weight excluding hydrogens is 332 g/mol. The Morgan fingerprint density at radius 2 is 1.96 bits per heavy atom. The molecule has 1 aliphatic carbocycles. The SMILES string of the molecule is O=C(O)c1cc(Cl)ccc1N[C@H]1CC[C@H]2CN[C@H](C(=O)O)C[C@H]2C1. The topological polar surface area (TPSA) is 98.7 Å². The van der Waals surface area contributed by atoms with Gasteiger partial charge in [-0.3, -0.25) is 4.79 Å². The molecule has 7 heteroatoms. The number of aromatic carboxylic acids is 1. The first-order chi connectivity index (χ1) is 11.4. The van der Waals surface area contributed by atoms with Crippen molar-refractivity contribution in [1.29, 1.82) is 0 Å². The Bertz CT molecular complexity index is 651. The molecule has 0 spiro atoms. The number of fused-ring (bicyclic) bond motifs is 1. The van der Waals surface area contributed by atoms with Crippen molar-refractivity contribution < 1.29 is 19.8 Å². The van der Waals surface area contributed by atoms with Gasteiger partial charge in [0.25, 0.3) is 0 Å². The zero-order valence-corrected chi connectivity index (χ0v) is 13.9. The van der Waals surface area contributed by atoms with Crippen molar-refractivity contribution in [3.05, 3.63) is 28.8 Å². The van der Waals surface area contributed by atoms with Gasteiger partial charge in [-0.05, 0) is 62.3 Å². The van der Waals surface area contributed by atoms with E-state index >= 15 is 0 Å². The first kappa shape index (κ1) is 17.0. The van der Waals surface area contributed by atoms with Crippen molar-refractivity contribution in [3.63, 3.8) is 0 Å². The van der Waals surface area contributed by atoms with Crippen LogP contribution in [0, 0.1) is 11.8 Å². The van der Waals surface area contributed by atoms with Crippen LogP contribution < -0.4 is 10.6 Å². The number of aliphatic carboxylic acids is 1. The van der Waals surface area contributed by atoms with Crippen LogP contribution in [0.25, 0.3) is 0 Å². The number of piperidine rings is 1. The summed E-state index contributed by atoms with van der Waals surface area (Å²) in [5, 5.41) is 25.3. The fourth-order valence-electron chi connectivity index (χ4n) is 3.92. The van der Waals surface area contributed by atoms with Gasteiger partial charge in [-0.1, -0.05) is 11.6 Å². The largest absolute Gasteiger partial charge is 0.480 e. The van der Waals surface area contributed by atoms with E-state index in [1.807, 2.05) is 0 Å². The van der Waals surface area contributed by atoms with Crippen LogP contribution in [0.3, 0.4) is 0 Å². The molecule has 6 nitrogen and oxygen atoms in total. The highest BCUT2D eigenvalue weighted by Gasteiger charge is 2.37. The van der Waals surface area contributed by atoms with E-state index < -0.39 is 18.0 Å². The lowest BCUT2D eigenvalue weighted by Crippen LogP contribution is -2.50. The van der Waals surface area contributed by atoms with Crippen molar-refractivity contribution >= 4 is 29.2 Å². The molecule has 2 aliphatic rings. The fourth-order valence-corrected chi connectivity index (χ4v) is 4.09. The van der Waals surface area contributed by atoms with E-state index in [1.165, 1.54) is 6.07 Å². The average molecular weight is 353 g/mol. The summed E-state index contributed by atoms with van der Waals surface area (Å²) < 4.78 is 0. The monoisotopic (exact) mass is 352 g/mol. The first-order valence-electron chi connectivity index (χ1n) is 8.19. The summed E-state index contributed by atoms with van der Waals surface area (Å²) in [7, 11) is 0. The van der Waals surface area contributed by atoms with Crippen LogP contribution >= 0.6 is 11.6 Å². The molecule has 4 N–H and O–H groups in total. The van der Waals surface area contributed by atoms with Crippen LogP contribution in [-0.2, 0) is 4.79 Å². The standard InChI is InChI=1S/C17H21ClN2O4/c18-11-2-4-14(13(7-11)16(21)22)20-12-3-1-9-8-19-15(17(23)24)6-10(9)5-12/h2,4,7,9-10,12,15,19-20H,1,3,5-6,8H2,(H,21,22)(H,23,24)/t9-,10+,12-,15-/m0/s1. The zero-order chi connectivity index (χ0) is 17.3. The van der Waals surface area contributed by atoms with Crippen molar-refractivity contribution in [1.82, 2.24) is 5.32 Å². The van der Waals surface area contributed by atoms with Gasteiger partial charge >= 0.3 is 11.9 Å². The van der Waals surface area contributed by atoms with E-state index in [0.717, 1.165) is 25.8 Å². The molecule has 1 aliphatic heterocycles. The maximum absolute atomic E-state index is 11.4. The molecule has 0 amide bonds. The predicted molar refractivity (Wildman–Crippen MR) is 90.7 cm³/mol. The van der Waals surface area contributed by atoms with Crippen molar-refractivity contribution in [2.45, 2.75) is 37.8 Å². The summed E-state index contributed by atoms with van der Waals surface area (Å²) >= 11 is 5.89. The van der Waals surface area contributed by atoms with Gasteiger partial charge in [0.1, 0.15) is 6.04 Å². The van der Waals surface area contributed by atoms with Gasteiger partial charge in [-0.25, -0.2) is 4.79 Å². The van der Waals surface area contributed by atoms with Gasteiger partial charge in [-0.15, -0.1) is 0 Å². The lowest BCUT2D eigenvalue weighted by atomic mass is 9.72. The highest BCUT2D eigenvalue weighted by molar-refractivity contribution is 6.31. The van der Waals surface area contributed by atoms with Gasteiger partial charge in [0, 0.05) is 16.8 Å². The number of carbonyl (C=O) groups is 2. The molecule has 24 heavy (non-hydrogen) atoms. The molecule has 1 aromatic carbocycles. The number of hydrogen-bond acceptors (Lipinski definition) is 4. The van der Waals surface area contributed by atoms with Gasteiger partial charge < -0.3 is 20.8 Å². The lowest BCUT2D eigenvalue weighted by Gasteiger charge is -2.42. The minimum atomic E-state index is -1.01. The number of anilines is 1. The number of carboxylic acid groups (broad SMARTS) is 2. The minimum Gasteiger partial charge on any atom is -0.480 e. The maximum Gasteiger partial charge on any atom is 0.337 e. The molecule has 1 aromatic rings. The van der Waals surface area contributed by atoms with Crippen molar-refractivity contribution in [2.24, 2.45) is 11.8 Å². The molecular formula is C17H21ClN2O4. The van der Waals surface area contributed by atoms with Crippen molar-refractivity contribution in [2.75, 3.05) is 11.9 Å². The third kappa shape index (κ3) is 3.65. The number of hydrogen-bond donors (Lipinski definition) is 4. The van der Waals surface area contributed by atoms with Crippen LogP contribution in [0.15, 0.2) is 18.2 Å². The van der Waals surface area contributed by atoms with Gasteiger partial charge in [0.2, 0.25) is 0 Å². The van der Waals surface area contributed by atoms with Crippen LogP contribution in [0.1, 0.15) is 36.0 Å². The summed E-state index contributed by atoms with van der Waals surface area (Å²) in [5.41, 5.74) is 0.734. The molecule has 0 unspecified atom stereocenters. The smallest absolute Gasteiger partial charge is 0.337 e. The molecule has 0 aromatic heterocycles. The summed E-state index contributed by atoms with van der Waals surface area (Å²) in [6.45, 7) is 0.746. The third-order valence-corrected chi connectivity index (χ3v) is 5.41. The minimum absolute atomic E-state index is 0.151. The summed E-state index contributed by atoms with van der Waals surface area (Å²) in [6, 6.07) is 4.49. The van der Waals surface area contributed by atoms with Gasteiger partial charge in [0.15, 0.2) is 0 Å². The Labute approximate surface area is 145 Å². The number of carboxylic acids is 2. The second-order valence-corrected chi connectivity index (χ2v) is 7.14. The number of nitrogens with one attached hydrogen (secondary N) is 2. The molecule has 1 heterocycles. The van der Waals surface area contributed by atoms with E-state index in [1.54, 1.807) is 12.1 Å². The van der Waals surface area contributed by atoms with Crippen LogP contribution in [-0.4, -0.2) is 40.8 Å². The second-order valence-electron chi connectivity index (χ2n) is 6.70. The summed E-state index contributed by atoms with van der Waals surface area (Å²) in [6.07, 6.45) is 3.45. The summed E-state index contributed by atoms with van der Waals surface area (Å²) in [4.78, 5) is 22.6. The normalized spacial score (nSPS) is 29.5. The summed E-state index contributed by atoms with van der Waals surface area (Å²) in [5.74, 6) is -0.960. The van der Waals surface area contributed by atoms with Crippen molar-refractivity contribution in [3.8, 4) is 0 Å². The molecule has 3 rings (SSSR count).